The molecule has 11 nitrogen and oxygen atoms in total. The number of nitrogen functional groups attached to an aromatic ring is 1. The third-order valence-corrected chi connectivity index (χ3v) is 11.3. The molecule has 6 heterocycles. The molecule has 2 bridgehead atoms. The van der Waals surface area contributed by atoms with Crippen molar-refractivity contribution in [3.05, 3.63) is 33.7 Å². The zero-order chi connectivity index (χ0) is 29.2. The molecule has 0 amide bonds. The van der Waals surface area contributed by atoms with E-state index in [0.717, 1.165) is 88.5 Å². The topological polar surface area (TPSA) is 140 Å². The number of morpholine rings is 1. The Labute approximate surface area is 255 Å². The van der Waals surface area contributed by atoms with Crippen LogP contribution in [0.15, 0.2) is 12.2 Å². The molecule has 0 unspecified atom stereocenters. The normalized spacial score (nSPS) is 26.5. The summed E-state index contributed by atoms with van der Waals surface area (Å²) in [6.07, 6.45) is 9.75. The highest BCUT2D eigenvalue weighted by Crippen LogP contribution is 2.50. The van der Waals surface area contributed by atoms with Crippen molar-refractivity contribution in [2.45, 2.75) is 49.6 Å². The minimum absolute atomic E-state index is 0.125. The van der Waals surface area contributed by atoms with E-state index in [-0.39, 0.29) is 10.8 Å². The highest BCUT2D eigenvalue weighted by Gasteiger charge is 2.50. The monoisotopic (exact) mass is 599 g/mol. The van der Waals surface area contributed by atoms with Crippen LogP contribution in [0.3, 0.4) is 0 Å². The number of nitrogens with zero attached hydrogens (tertiary/aromatic N) is 7. The van der Waals surface area contributed by atoms with Crippen molar-refractivity contribution in [3.63, 3.8) is 0 Å². The third-order valence-electron chi connectivity index (χ3n) is 10.2. The first-order valence-electron chi connectivity index (χ1n) is 15.5. The van der Waals surface area contributed by atoms with E-state index < -0.39 is 0 Å². The Balaban J connectivity index is 1.10. The van der Waals surface area contributed by atoms with Crippen LogP contribution < -0.4 is 25.6 Å². The first kappa shape index (κ1) is 27.2. The number of nitrogens with one attached hydrogen (secondary N) is 1. The summed E-state index contributed by atoms with van der Waals surface area (Å²) in [5.74, 6) is 1.30. The van der Waals surface area contributed by atoms with E-state index in [9.17, 15) is 10.5 Å². The van der Waals surface area contributed by atoms with Crippen molar-refractivity contribution in [2.75, 3.05) is 81.2 Å². The number of piperazine rings is 1. The van der Waals surface area contributed by atoms with Crippen molar-refractivity contribution in [3.8, 4) is 18.1 Å². The quantitative estimate of drug-likeness (QED) is 0.453. The zero-order valence-electron chi connectivity index (χ0n) is 24.3. The molecule has 1 saturated carbocycles. The molecular weight excluding hydrogens is 562 g/mol. The molecule has 4 aliphatic heterocycles. The SMILES string of the molecule is N#Cc1c(N2C[C@H]3CC[C@@H](C2)N3)nc(OCC2(CN3CCOCC3)CC2)nc1N1CC2(C=CCc3sc(N)c(C#N)c32)C1. The van der Waals surface area contributed by atoms with Crippen LogP contribution in [0.2, 0.25) is 0 Å². The Morgan fingerprint density at radius 2 is 1.74 bits per heavy atom. The van der Waals surface area contributed by atoms with Gasteiger partial charge in [0.15, 0.2) is 11.6 Å². The lowest BCUT2D eigenvalue weighted by molar-refractivity contribution is 0.0231. The molecule has 3 N–H and O–H groups in total. The van der Waals surface area contributed by atoms with Gasteiger partial charge in [0.2, 0.25) is 0 Å². The number of allylic oxidation sites excluding steroid dienone is 1. The maximum absolute atomic E-state index is 10.5. The number of hydrogen-bond donors (Lipinski definition) is 2. The number of aromatic nitrogens is 2. The number of rotatable bonds is 7. The van der Waals surface area contributed by atoms with Gasteiger partial charge in [0, 0.05) is 74.6 Å². The van der Waals surface area contributed by atoms with Crippen LogP contribution in [-0.4, -0.2) is 92.6 Å². The van der Waals surface area contributed by atoms with Crippen LogP contribution in [0.5, 0.6) is 6.01 Å². The number of fused-ring (bicyclic) bond motifs is 4. The highest BCUT2D eigenvalue weighted by molar-refractivity contribution is 7.16. The fraction of sp³-hybridized carbons (Fsp3) is 0.613. The molecule has 5 fully saturated rings. The molecule has 12 heteroatoms. The van der Waals surface area contributed by atoms with Gasteiger partial charge in [0.05, 0.1) is 30.8 Å². The average molecular weight is 600 g/mol. The van der Waals surface area contributed by atoms with Gasteiger partial charge in [-0.05, 0) is 31.2 Å². The largest absolute Gasteiger partial charge is 0.463 e. The number of hydrogen-bond acceptors (Lipinski definition) is 12. The van der Waals surface area contributed by atoms with E-state index >= 15 is 0 Å². The predicted octanol–water partition coefficient (Wildman–Crippen LogP) is 2.17. The van der Waals surface area contributed by atoms with Crippen molar-refractivity contribution < 1.29 is 9.47 Å². The molecular formula is C31H37N9O2S. The van der Waals surface area contributed by atoms with E-state index in [0.29, 0.717) is 65.6 Å². The number of nitriles is 2. The number of thiophene rings is 1. The van der Waals surface area contributed by atoms with Crippen molar-refractivity contribution in [2.24, 2.45) is 5.41 Å². The average Bonchev–Trinajstić information content (AvgIpc) is 3.57. The summed E-state index contributed by atoms with van der Waals surface area (Å²) in [4.78, 5) is 17.9. The van der Waals surface area contributed by atoms with Gasteiger partial charge in [-0.25, -0.2) is 0 Å². The fourth-order valence-electron chi connectivity index (χ4n) is 7.79. The molecule has 1 spiro atoms. The van der Waals surface area contributed by atoms with E-state index in [1.807, 2.05) is 0 Å². The smallest absolute Gasteiger partial charge is 0.320 e. The number of nitrogens with two attached hydrogens (primary N) is 1. The zero-order valence-corrected chi connectivity index (χ0v) is 25.2. The highest BCUT2D eigenvalue weighted by atomic mass is 32.1. The van der Waals surface area contributed by atoms with Crippen LogP contribution in [0.1, 0.15) is 47.3 Å². The fourth-order valence-corrected chi connectivity index (χ4v) is 8.89. The lowest BCUT2D eigenvalue weighted by Gasteiger charge is -2.51. The van der Waals surface area contributed by atoms with Gasteiger partial charge in [-0.3, -0.25) is 4.90 Å². The number of anilines is 3. The maximum Gasteiger partial charge on any atom is 0.320 e. The van der Waals surface area contributed by atoms with Crippen LogP contribution >= 0.6 is 11.3 Å². The summed E-state index contributed by atoms with van der Waals surface area (Å²) in [6.45, 7) is 7.96. The van der Waals surface area contributed by atoms with E-state index in [1.165, 1.54) is 11.3 Å². The Morgan fingerprint density at radius 1 is 1.05 bits per heavy atom. The van der Waals surface area contributed by atoms with Crippen LogP contribution in [0, 0.1) is 28.1 Å². The van der Waals surface area contributed by atoms with Crippen LogP contribution in [0.25, 0.3) is 0 Å². The molecule has 43 heavy (non-hydrogen) atoms. The van der Waals surface area contributed by atoms with Gasteiger partial charge in [-0.15, -0.1) is 11.3 Å². The molecule has 2 atom stereocenters. The number of ether oxygens (including phenoxy) is 2. The predicted molar refractivity (Wildman–Crippen MR) is 164 cm³/mol. The summed E-state index contributed by atoms with van der Waals surface area (Å²) < 4.78 is 12.0. The van der Waals surface area contributed by atoms with Gasteiger partial charge < -0.3 is 30.3 Å². The van der Waals surface area contributed by atoms with Crippen LogP contribution in [-0.2, 0) is 16.6 Å². The molecule has 2 aliphatic carbocycles. The Morgan fingerprint density at radius 3 is 2.42 bits per heavy atom. The second-order valence-corrected chi connectivity index (χ2v) is 14.4. The van der Waals surface area contributed by atoms with Crippen molar-refractivity contribution in [1.82, 2.24) is 20.2 Å². The molecule has 2 aromatic rings. The summed E-state index contributed by atoms with van der Waals surface area (Å²) in [5.41, 5.74) is 8.23. The molecule has 8 rings (SSSR count). The van der Waals surface area contributed by atoms with Crippen LogP contribution in [0.4, 0.5) is 16.6 Å². The van der Waals surface area contributed by atoms with E-state index in [4.69, 9.17) is 25.2 Å². The second kappa shape index (κ2) is 10.3. The summed E-state index contributed by atoms with van der Waals surface area (Å²) in [5, 5.41) is 24.7. The maximum atomic E-state index is 10.5. The van der Waals surface area contributed by atoms with Gasteiger partial charge in [0.25, 0.3) is 0 Å². The minimum Gasteiger partial charge on any atom is -0.463 e. The molecule has 2 aromatic heterocycles. The van der Waals surface area contributed by atoms with Gasteiger partial charge >= 0.3 is 6.01 Å². The standard InChI is InChI=1S/C31H37N9O2S/c32-12-22-25-24(43-26(22)34)2-1-5-31(25)17-40(18-31)28-23(13-33)27(39-14-20-3-4-21(15-39)35-20)36-29(37-28)42-19-30(6-7-30)16-38-8-10-41-11-9-38/h1,5,20-21,35H,2-4,6-11,14-19,34H2/t20-,21+. The summed E-state index contributed by atoms with van der Waals surface area (Å²) in [7, 11) is 0. The molecule has 0 aromatic carbocycles. The Bertz CT molecular complexity index is 1530. The minimum atomic E-state index is -0.310. The van der Waals surface area contributed by atoms with Gasteiger partial charge in [0.1, 0.15) is 22.7 Å². The van der Waals surface area contributed by atoms with Gasteiger partial charge in [-0.2, -0.15) is 20.5 Å². The van der Waals surface area contributed by atoms with Crippen molar-refractivity contribution >= 4 is 28.0 Å². The van der Waals surface area contributed by atoms with Gasteiger partial charge in [-0.1, -0.05) is 12.2 Å². The second-order valence-electron chi connectivity index (χ2n) is 13.2. The van der Waals surface area contributed by atoms with E-state index in [2.05, 4.69) is 44.3 Å². The molecule has 0 radical (unpaired) electrons. The Hall–Kier alpha value is -3.42. The van der Waals surface area contributed by atoms with Crippen molar-refractivity contribution in [1.29, 1.82) is 10.5 Å². The third kappa shape index (κ3) is 4.72. The first-order valence-corrected chi connectivity index (χ1v) is 16.3. The molecule has 6 aliphatic rings. The van der Waals surface area contributed by atoms with E-state index in [1.54, 1.807) is 0 Å². The Kier molecular flexibility index (Phi) is 6.53. The summed E-state index contributed by atoms with van der Waals surface area (Å²) >= 11 is 1.52. The lowest BCUT2D eigenvalue weighted by Crippen LogP contribution is -2.60. The summed E-state index contributed by atoms with van der Waals surface area (Å²) in [6, 6.07) is 5.99. The lowest BCUT2D eigenvalue weighted by atomic mass is 9.69. The first-order chi connectivity index (χ1) is 21.0. The molecule has 224 valence electrons. The molecule has 4 saturated heterocycles.